The van der Waals surface area contributed by atoms with Crippen LogP contribution in [0.5, 0.6) is 0 Å². The summed E-state index contributed by atoms with van der Waals surface area (Å²) >= 11 is 2.44. The highest BCUT2D eigenvalue weighted by molar-refractivity contribution is 14.1. The molecule has 0 aromatic rings. The standard InChI is InChI=1S/C13H24INO2/c1-12(2,3)17-11(16)15-7-6-10(8-14)13(4,5)9-15/h10H,6-9H2,1-5H3. The Morgan fingerprint density at radius 1 is 1.47 bits per heavy atom. The van der Waals surface area contributed by atoms with Crippen LogP contribution < -0.4 is 0 Å². The van der Waals surface area contributed by atoms with Gasteiger partial charge in [-0.05, 0) is 38.5 Å². The molecule has 0 aliphatic carbocycles. The first-order chi connectivity index (χ1) is 7.65. The maximum Gasteiger partial charge on any atom is 0.410 e. The largest absolute Gasteiger partial charge is 0.444 e. The number of carbonyl (C=O) groups is 1. The normalized spacial score (nSPS) is 24.6. The van der Waals surface area contributed by atoms with Crippen molar-refractivity contribution in [2.45, 2.75) is 46.6 Å². The van der Waals surface area contributed by atoms with Crippen LogP contribution in [0.2, 0.25) is 0 Å². The Hall–Kier alpha value is 0. The quantitative estimate of drug-likeness (QED) is 0.531. The second-order valence-corrected chi connectivity index (χ2v) is 7.41. The summed E-state index contributed by atoms with van der Waals surface area (Å²) in [6.45, 7) is 11.8. The fraction of sp³-hybridized carbons (Fsp3) is 0.923. The summed E-state index contributed by atoms with van der Waals surface area (Å²) in [5.74, 6) is 0.696. The fourth-order valence-electron chi connectivity index (χ4n) is 2.17. The third-order valence-electron chi connectivity index (χ3n) is 3.29. The monoisotopic (exact) mass is 353 g/mol. The Labute approximate surface area is 118 Å². The highest BCUT2D eigenvalue weighted by Crippen LogP contribution is 2.36. The smallest absolute Gasteiger partial charge is 0.410 e. The van der Waals surface area contributed by atoms with Crippen molar-refractivity contribution in [2.75, 3.05) is 17.5 Å². The molecular formula is C13H24INO2. The van der Waals surface area contributed by atoms with Crippen molar-refractivity contribution in [1.29, 1.82) is 0 Å². The maximum absolute atomic E-state index is 12.0. The van der Waals surface area contributed by atoms with E-state index >= 15 is 0 Å². The van der Waals surface area contributed by atoms with E-state index < -0.39 is 5.60 Å². The molecule has 0 aromatic carbocycles. The number of rotatable bonds is 1. The molecule has 1 saturated heterocycles. The number of halogens is 1. The molecule has 1 unspecified atom stereocenters. The average Bonchev–Trinajstić information content (AvgIpc) is 2.13. The summed E-state index contributed by atoms with van der Waals surface area (Å²) in [6.07, 6.45) is 0.910. The molecule has 1 aliphatic heterocycles. The number of alkyl halides is 1. The predicted octanol–water partition coefficient (Wildman–Crippen LogP) is 3.70. The van der Waals surface area contributed by atoms with Gasteiger partial charge in [0.05, 0.1) is 0 Å². The first-order valence-electron chi connectivity index (χ1n) is 6.19. The average molecular weight is 353 g/mol. The molecule has 1 aliphatic rings. The van der Waals surface area contributed by atoms with Crippen LogP contribution in [0.3, 0.4) is 0 Å². The third-order valence-corrected chi connectivity index (χ3v) is 4.35. The highest BCUT2D eigenvalue weighted by Gasteiger charge is 2.38. The van der Waals surface area contributed by atoms with Crippen molar-refractivity contribution < 1.29 is 9.53 Å². The second-order valence-electron chi connectivity index (χ2n) is 6.53. The van der Waals surface area contributed by atoms with Crippen molar-refractivity contribution in [3.05, 3.63) is 0 Å². The molecule has 1 amide bonds. The van der Waals surface area contributed by atoms with Gasteiger partial charge in [-0.3, -0.25) is 0 Å². The zero-order valence-electron chi connectivity index (χ0n) is 11.5. The Morgan fingerprint density at radius 3 is 2.47 bits per heavy atom. The van der Waals surface area contributed by atoms with Gasteiger partial charge in [0.25, 0.3) is 0 Å². The van der Waals surface area contributed by atoms with Crippen molar-refractivity contribution >= 4 is 28.7 Å². The molecule has 17 heavy (non-hydrogen) atoms. The molecule has 0 saturated carbocycles. The Bertz CT molecular complexity index is 284. The van der Waals surface area contributed by atoms with E-state index in [1.807, 2.05) is 25.7 Å². The van der Waals surface area contributed by atoms with E-state index in [9.17, 15) is 4.79 Å². The van der Waals surface area contributed by atoms with E-state index in [2.05, 4.69) is 36.4 Å². The SMILES string of the molecule is CC(C)(C)OC(=O)N1CCC(CI)C(C)(C)C1. The van der Waals surface area contributed by atoms with Gasteiger partial charge in [-0.15, -0.1) is 0 Å². The summed E-state index contributed by atoms with van der Waals surface area (Å²) in [7, 11) is 0. The van der Waals surface area contributed by atoms with Gasteiger partial charge in [0.15, 0.2) is 0 Å². The lowest BCUT2D eigenvalue weighted by Gasteiger charge is -2.43. The second kappa shape index (κ2) is 5.33. The van der Waals surface area contributed by atoms with E-state index in [1.54, 1.807) is 0 Å². The van der Waals surface area contributed by atoms with Crippen molar-refractivity contribution in [1.82, 2.24) is 4.90 Å². The number of hydrogen-bond donors (Lipinski definition) is 0. The Kier molecular flexibility index (Phi) is 4.72. The van der Waals surface area contributed by atoms with Gasteiger partial charge in [0.1, 0.15) is 5.60 Å². The van der Waals surface area contributed by atoms with Gasteiger partial charge in [-0.25, -0.2) is 4.79 Å². The molecule has 0 aromatic heterocycles. The first-order valence-corrected chi connectivity index (χ1v) is 7.72. The van der Waals surface area contributed by atoms with Gasteiger partial charge in [0, 0.05) is 17.5 Å². The van der Waals surface area contributed by atoms with Crippen LogP contribution in [0, 0.1) is 11.3 Å². The van der Waals surface area contributed by atoms with Gasteiger partial charge in [-0.2, -0.15) is 0 Å². The zero-order valence-corrected chi connectivity index (χ0v) is 13.7. The molecule has 4 heteroatoms. The number of carbonyl (C=O) groups excluding carboxylic acids is 1. The predicted molar refractivity (Wildman–Crippen MR) is 78.6 cm³/mol. The molecule has 0 bridgehead atoms. The number of nitrogens with zero attached hydrogens (tertiary/aromatic N) is 1. The minimum Gasteiger partial charge on any atom is -0.444 e. The van der Waals surface area contributed by atoms with E-state index in [0.29, 0.717) is 5.92 Å². The molecule has 1 atom stereocenters. The van der Waals surface area contributed by atoms with Gasteiger partial charge >= 0.3 is 6.09 Å². The zero-order chi connectivity index (χ0) is 13.3. The van der Waals surface area contributed by atoms with Crippen LogP contribution >= 0.6 is 22.6 Å². The Balaban J connectivity index is 2.62. The number of ether oxygens (including phenoxy) is 1. The van der Waals surface area contributed by atoms with E-state index in [4.69, 9.17) is 4.74 Å². The number of piperidine rings is 1. The minimum absolute atomic E-state index is 0.169. The summed E-state index contributed by atoms with van der Waals surface area (Å²) in [5.41, 5.74) is -0.211. The topological polar surface area (TPSA) is 29.5 Å². The summed E-state index contributed by atoms with van der Waals surface area (Å²) in [4.78, 5) is 13.9. The van der Waals surface area contributed by atoms with Gasteiger partial charge < -0.3 is 9.64 Å². The molecule has 1 rings (SSSR count). The molecule has 0 spiro atoms. The molecule has 0 radical (unpaired) electrons. The summed E-state index contributed by atoms with van der Waals surface area (Å²) in [6, 6.07) is 0. The van der Waals surface area contributed by atoms with E-state index in [1.165, 1.54) is 0 Å². The molecule has 1 heterocycles. The minimum atomic E-state index is -0.401. The molecular weight excluding hydrogens is 329 g/mol. The number of hydrogen-bond acceptors (Lipinski definition) is 2. The first kappa shape index (κ1) is 15.1. The molecule has 0 N–H and O–H groups in total. The lowest BCUT2D eigenvalue weighted by atomic mass is 9.75. The van der Waals surface area contributed by atoms with Crippen LogP contribution in [-0.2, 0) is 4.74 Å². The van der Waals surface area contributed by atoms with Crippen LogP contribution in [0.1, 0.15) is 41.0 Å². The fourth-order valence-corrected chi connectivity index (χ4v) is 3.80. The van der Waals surface area contributed by atoms with Crippen molar-refractivity contribution in [3.63, 3.8) is 0 Å². The summed E-state index contributed by atoms with van der Waals surface area (Å²) in [5, 5.41) is 0. The number of likely N-dealkylation sites (tertiary alicyclic amines) is 1. The van der Waals surface area contributed by atoms with Gasteiger partial charge in [0.2, 0.25) is 0 Å². The lowest BCUT2D eigenvalue weighted by Crippen LogP contribution is -2.50. The molecule has 1 fully saturated rings. The van der Waals surface area contributed by atoms with Crippen molar-refractivity contribution in [3.8, 4) is 0 Å². The van der Waals surface area contributed by atoms with E-state index in [-0.39, 0.29) is 11.5 Å². The van der Waals surface area contributed by atoms with E-state index in [0.717, 1.165) is 23.9 Å². The third kappa shape index (κ3) is 4.30. The molecule has 3 nitrogen and oxygen atoms in total. The molecule has 100 valence electrons. The van der Waals surface area contributed by atoms with Crippen LogP contribution in [-0.4, -0.2) is 34.1 Å². The summed E-state index contributed by atoms with van der Waals surface area (Å²) < 4.78 is 6.58. The van der Waals surface area contributed by atoms with Gasteiger partial charge in [-0.1, -0.05) is 36.4 Å². The van der Waals surface area contributed by atoms with Crippen LogP contribution in [0.15, 0.2) is 0 Å². The Morgan fingerprint density at radius 2 is 2.06 bits per heavy atom. The lowest BCUT2D eigenvalue weighted by molar-refractivity contribution is -0.000631. The maximum atomic E-state index is 12.0. The van der Waals surface area contributed by atoms with Crippen LogP contribution in [0.4, 0.5) is 4.79 Å². The van der Waals surface area contributed by atoms with Crippen molar-refractivity contribution in [2.24, 2.45) is 11.3 Å². The highest BCUT2D eigenvalue weighted by atomic mass is 127. The van der Waals surface area contributed by atoms with Crippen LogP contribution in [0.25, 0.3) is 0 Å². The number of amides is 1.